The first-order chi connectivity index (χ1) is 15.3. The second-order valence-corrected chi connectivity index (χ2v) is 7.70. The summed E-state index contributed by atoms with van der Waals surface area (Å²) in [6.07, 6.45) is 0. The maximum absolute atomic E-state index is 13.4. The van der Waals surface area contributed by atoms with Crippen molar-refractivity contribution in [3.05, 3.63) is 86.7 Å². The predicted molar refractivity (Wildman–Crippen MR) is 124 cm³/mol. The fourth-order valence-electron chi connectivity index (χ4n) is 3.75. The van der Waals surface area contributed by atoms with E-state index in [2.05, 4.69) is 5.32 Å². The summed E-state index contributed by atoms with van der Waals surface area (Å²) in [6.45, 7) is 3.50. The summed E-state index contributed by atoms with van der Waals surface area (Å²) in [5.74, 6) is 0.292. The number of hydrogen-bond acceptors (Lipinski definition) is 4. The molecule has 0 saturated heterocycles. The topological polar surface area (TPSA) is 87.3 Å². The van der Waals surface area contributed by atoms with Crippen molar-refractivity contribution >= 4 is 22.6 Å². The number of benzene rings is 2. The number of carbonyl (C=O) groups excluding carboxylic acids is 1. The third-order valence-corrected chi connectivity index (χ3v) is 5.51. The van der Waals surface area contributed by atoms with Crippen molar-refractivity contribution < 1.29 is 9.53 Å². The van der Waals surface area contributed by atoms with Crippen LogP contribution in [0.25, 0.3) is 16.7 Å². The molecule has 2 aromatic heterocycles. The van der Waals surface area contributed by atoms with Gasteiger partial charge in [0, 0.05) is 18.4 Å². The van der Waals surface area contributed by atoms with Crippen LogP contribution in [0.15, 0.2) is 64.2 Å². The molecule has 164 valence electrons. The number of methoxy groups -OCH3 is 1. The Morgan fingerprint density at radius 2 is 1.75 bits per heavy atom. The monoisotopic (exact) mass is 432 g/mol. The highest BCUT2D eigenvalue weighted by Gasteiger charge is 2.20. The first-order valence-electron chi connectivity index (χ1n) is 10.1. The molecule has 4 rings (SSSR count). The lowest BCUT2D eigenvalue weighted by atomic mass is 10.2. The van der Waals surface area contributed by atoms with Crippen molar-refractivity contribution in [1.82, 2.24) is 13.7 Å². The molecule has 0 saturated carbocycles. The molecule has 0 fully saturated rings. The zero-order valence-corrected chi connectivity index (χ0v) is 18.4. The van der Waals surface area contributed by atoms with Crippen molar-refractivity contribution in [2.45, 2.75) is 20.4 Å². The summed E-state index contributed by atoms with van der Waals surface area (Å²) in [4.78, 5) is 39.5. The molecule has 1 amide bonds. The van der Waals surface area contributed by atoms with E-state index in [1.165, 1.54) is 4.57 Å². The minimum atomic E-state index is -0.566. The number of anilines is 1. The normalized spacial score (nSPS) is 11.0. The Morgan fingerprint density at radius 3 is 2.41 bits per heavy atom. The fourth-order valence-corrected chi connectivity index (χ4v) is 3.75. The molecule has 8 heteroatoms. The minimum absolute atomic E-state index is 0.239. The van der Waals surface area contributed by atoms with Crippen LogP contribution in [0.1, 0.15) is 11.3 Å². The molecule has 2 aromatic carbocycles. The molecule has 1 N–H and O–H groups in total. The Labute approximate surface area is 184 Å². The van der Waals surface area contributed by atoms with E-state index in [0.717, 1.165) is 15.8 Å². The molecule has 0 aliphatic rings. The van der Waals surface area contributed by atoms with Crippen LogP contribution in [-0.4, -0.2) is 26.7 Å². The third-order valence-electron chi connectivity index (χ3n) is 5.51. The molecule has 0 atom stereocenters. The summed E-state index contributed by atoms with van der Waals surface area (Å²) in [6, 6.07) is 15.8. The van der Waals surface area contributed by atoms with Crippen molar-refractivity contribution in [2.24, 2.45) is 7.05 Å². The van der Waals surface area contributed by atoms with Gasteiger partial charge in [0.1, 0.15) is 17.8 Å². The van der Waals surface area contributed by atoms with Crippen molar-refractivity contribution in [2.75, 3.05) is 12.4 Å². The van der Waals surface area contributed by atoms with E-state index in [-0.39, 0.29) is 12.5 Å². The van der Waals surface area contributed by atoms with Crippen LogP contribution in [0.3, 0.4) is 0 Å². The molecule has 0 aliphatic heterocycles. The van der Waals surface area contributed by atoms with E-state index in [1.807, 2.05) is 19.9 Å². The predicted octanol–water partition coefficient (Wildman–Crippen LogP) is 2.76. The zero-order chi connectivity index (χ0) is 23.0. The number of aromatic nitrogens is 3. The maximum Gasteiger partial charge on any atom is 0.336 e. The molecule has 0 spiro atoms. The first kappa shape index (κ1) is 21.2. The van der Waals surface area contributed by atoms with E-state index >= 15 is 0 Å². The number of carbonyl (C=O) groups is 1. The van der Waals surface area contributed by atoms with Gasteiger partial charge in [-0.3, -0.25) is 14.2 Å². The molecule has 0 aliphatic carbocycles. The second-order valence-electron chi connectivity index (χ2n) is 7.70. The van der Waals surface area contributed by atoms with Gasteiger partial charge in [-0.1, -0.05) is 12.1 Å². The standard InChI is InChI=1S/C24H24N4O4/c1-15-6-5-7-18(12-15)28-23(30)22-20(13-16(2)26(22)3)27(24(28)31)14-21(29)25-17-8-10-19(32-4)11-9-17/h5-13H,14H2,1-4H3,(H,25,29). The van der Waals surface area contributed by atoms with Gasteiger partial charge in [0.25, 0.3) is 5.56 Å². The highest BCUT2D eigenvalue weighted by Crippen LogP contribution is 2.17. The number of hydrogen-bond donors (Lipinski definition) is 1. The molecule has 2 heterocycles. The second kappa shape index (κ2) is 8.22. The summed E-state index contributed by atoms with van der Waals surface area (Å²) in [7, 11) is 3.34. The van der Waals surface area contributed by atoms with Gasteiger partial charge in [-0.05, 0) is 61.9 Å². The quantitative estimate of drug-likeness (QED) is 0.525. The van der Waals surface area contributed by atoms with Gasteiger partial charge in [-0.15, -0.1) is 0 Å². The fraction of sp³-hybridized carbons (Fsp3) is 0.208. The Morgan fingerprint density at radius 1 is 1.03 bits per heavy atom. The van der Waals surface area contributed by atoms with Crippen LogP contribution < -0.4 is 21.3 Å². The van der Waals surface area contributed by atoms with Crippen LogP contribution in [0.5, 0.6) is 5.75 Å². The Kier molecular flexibility index (Phi) is 5.44. The smallest absolute Gasteiger partial charge is 0.336 e. The molecule has 0 unspecified atom stereocenters. The summed E-state index contributed by atoms with van der Waals surface area (Å²) >= 11 is 0. The van der Waals surface area contributed by atoms with Gasteiger partial charge in [0.15, 0.2) is 0 Å². The molecule has 0 bridgehead atoms. The lowest BCUT2D eigenvalue weighted by Gasteiger charge is -2.13. The number of fused-ring (bicyclic) bond motifs is 1. The van der Waals surface area contributed by atoms with Gasteiger partial charge >= 0.3 is 5.69 Å². The third kappa shape index (κ3) is 3.71. The highest BCUT2D eigenvalue weighted by atomic mass is 16.5. The van der Waals surface area contributed by atoms with Crippen LogP contribution in [0, 0.1) is 13.8 Å². The number of ether oxygens (including phenoxy) is 1. The van der Waals surface area contributed by atoms with E-state index < -0.39 is 11.2 Å². The molecule has 4 aromatic rings. The summed E-state index contributed by atoms with van der Waals surface area (Å²) in [5.41, 5.74) is 2.57. The van der Waals surface area contributed by atoms with E-state index in [0.29, 0.717) is 28.2 Å². The van der Waals surface area contributed by atoms with Gasteiger partial charge in [0.05, 0.1) is 18.3 Å². The van der Waals surface area contributed by atoms with Gasteiger partial charge in [0.2, 0.25) is 5.91 Å². The Hall–Kier alpha value is -4.07. The van der Waals surface area contributed by atoms with E-state index in [4.69, 9.17) is 4.74 Å². The molecule has 32 heavy (non-hydrogen) atoms. The zero-order valence-electron chi connectivity index (χ0n) is 18.4. The number of amides is 1. The first-order valence-corrected chi connectivity index (χ1v) is 10.1. The van der Waals surface area contributed by atoms with Crippen molar-refractivity contribution in [3.63, 3.8) is 0 Å². The number of nitrogens with one attached hydrogen (secondary N) is 1. The van der Waals surface area contributed by atoms with Crippen molar-refractivity contribution in [3.8, 4) is 11.4 Å². The molecule has 8 nitrogen and oxygen atoms in total. The number of aryl methyl sites for hydroxylation is 3. The average Bonchev–Trinajstić information content (AvgIpc) is 3.06. The minimum Gasteiger partial charge on any atom is -0.497 e. The summed E-state index contributed by atoms with van der Waals surface area (Å²) < 4.78 is 9.33. The largest absolute Gasteiger partial charge is 0.497 e. The highest BCUT2D eigenvalue weighted by molar-refractivity contribution is 5.91. The number of nitrogens with zero attached hydrogens (tertiary/aromatic N) is 3. The molecular formula is C24H24N4O4. The maximum atomic E-state index is 13.4. The lowest BCUT2D eigenvalue weighted by molar-refractivity contribution is -0.116. The van der Waals surface area contributed by atoms with Gasteiger partial charge in [-0.2, -0.15) is 0 Å². The number of rotatable bonds is 5. The lowest BCUT2D eigenvalue weighted by Crippen LogP contribution is -2.41. The van der Waals surface area contributed by atoms with Crippen LogP contribution >= 0.6 is 0 Å². The van der Waals surface area contributed by atoms with E-state index in [1.54, 1.807) is 67.3 Å². The SMILES string of the molecule is COc1ccc(NC(=O)Cn2c(=O)n(-c3cccc(C)c3)c(=O)c3c2cc(C)n3C)cc1. The Balaban J connectivity index is 1.83. The van der Waals surface area contributed by atoms with Crippen molar-refractivity contribution in [1.29, 1.82) is 0 Å². The summed E-state index contributed by atoms with van der Waals surface area (Å²) in [5, 5.41) is 2.79. The van der Waals surface area contributed by atoms with Crippen LogP contribution in [-0.2, 0) is 18.4 Å². The van der Waals surface area contributed by atoms with E-state index in [9.17, 15) is 14.4 Å². The average molecular weight is 432 g/mol. The Bertz CT molecular complexity index is 1440. The van der Waals surface area contributed by atoms with Crippen LogP contribution in [0.4, 0.5) is 5.69 Å². The molecule has 0 radical (unpaired) electrons. The van der Waals surface area contributed by atoms with Gasteiger partial charge < -0.3 is 14.6 Å². The van der Waals surface area contributed by atoms with Crippen LogP contribution in [0.2, 0.25) is 0 Å². The molecular weight excluding hydrogens is 408 g/mol. The van der Waals surface area contributed by atoms with Gasteiger partial charge in [-0.25, -0.2) is 9.36 Å².